The first kappa shape index (κ1) is 9.68. The van der Waals surface area contributed by atoms with E-state index in [1.54, 1.807) is 17.4 Å². The predicted octanol–water partition coefficient (Wildman–Crippen LogP) is 3.67. The second kappa shape index (κ2) is 3.37. The summed E-state index contributed by atoms with van der Waals surface area (Å²) in [5.41, 5.74) is 0.315. The first-order chi connectivity index (χ1) is 6.58. The summed E-state index contributed by atoms with van der Waals surface area (Å²) in [6.07, 6.45) is 0. The minimum absolute atomic E-state index is 0.315. The number of carboxylic acid groups (broad SMARTS) is 1. The highest BCUT2D eigenvalue weighted by atomic mass is 79.9. The van der Waals surface area contributed by atoms with Crippen molar-refractivity contribution in [3.05, 3.63) is 33.1 Å². The van der Waals surface area contributed by atoms with Gasteiger partial charge in [0.15, 0.2) is 0 Å². The number of fused-ring (bicyclic) bond motifs is 1. The van der Waals surface area contributed by atoms with Gasteiger partial charge < -0.3 is 5.11 Å². The maximum atomic E-state index is 10.8. The lowest BCUT2D eigenvalue weighted by Gasteiger charge is -1.98. The molecule has 0 unspecified atom stereocenters. The van der Waals surface area contributed by atoms with Gasteiger partial charge >= 0.3 is 5.97 Å². The second-order valence-corrected chi connectivity index (χ2v) is 5.17. The Kier molecular flexibility index (Phi) is 2.33. The Morgan fingerprint density at radius 1 is 1.43 bits per heavy atom. The fourth-order valence-electron chi connectivity index (χ4n) is 1.36. The summed E-state index contributed by atoms with van der Waals surface area (Å²) < 4.78 is 1.75. The quantitative estimate of drug-likeness (QED) is 0.859. The van der Waals surface area contributed by atoms with E-state index in [9.17, 15) is 4.79 Å². The number of hydrogen-bond donors (Lipinski definition) is 1. The summed E-state index contributed by atoms with van der Waals surface area (Å²) in [5, 5.41) is 9.90. The summed E-state index contributed by atoms with van der Waals surface area (Å²) in [6, 6.07) is 5.56. The molecule has 0 saturated heterocycles. The van der Waals surface area contributed by atoms with Crippen molar-refractivity contribution in [3.63, 3.8) is 0 Å². The number of halogens is 1. The Morgan fingerprint density at radius 3 is 2.79 bits per heavy atom. The Bertz CT molecular complexity index is 516. The van der Waals surface area contributed by atoms with Crippen LogP contribution < -0.4 is 0 Å². The van der Waals surface area contributed by atoms with E-state index in [0.717, 1.165) is 10.1 Å². The van der Waals surface area contributed by atoms with Gasteiger partial charge in [-0.05, 0) is 46.4 Å². The van der Waals surface area contributed by atoms with Gasteiger partial charge in [0.2, 0.25) is 0 Å². The predicted molar refractivity (Wildman–Crippen MR) is 61.2 cm³/mol. The average Bonchev–Trinajstić information content (AvgIpc) is 2.42. The van der Waals surface area contributed by atoms with Gasteiger partial charge in [-0.2, -0.15) is 0 Å². The summed E-state index contributed by atoms with van der Waals surface area (Å²) in [4.78, 5) is 12.0. The Morgan fingerprint density at radius 2 is 2.14 bits per heavy atom. The number of hydrogen-bond acceptors (Lipinski definition) is 2. The summed E-state index contributed by atoms with van der Waals surface area (Å²) in [7, 11) is 0. The third-order valence-corrected chi connectivity index (χ3v) is 3.63. The third-order valence-electron chi connectivity index (χ3n) is 1.96. The monoisotopic (exact) mass is 270 g/mol. The molecule has 1 N–H and O–H groups in total. The molecule has 4 heteroatoms. The van der Waals surface area contributed by atoms with E-state index in [0.29, 0.717) is 10.0 Å². The number of aryl methyl sites for hydroxylation is 1. The van der Waals surface area contributed by atoms with Crippen LogP contribution in [0, 0.1) is 6.92 Å². The number of carboxylic acids is 1. The van der Waals surface area contributed by atoms with Gasteiger partial charge in [0.25, 0.3) is 0 Å². The molecule has 1 heterocycles. The molecule has 0 spiro atoms. The molecule has 0 atom stereocenters. The van der Waals surface area contributed by atoms with E-state index in [4.69, 9.17) is 5.11 Å². The number of benzene rings is 1. The van der Waals surface area contributed by atoms with Crippen LogP contribution in [0.5, 0.6) is 0 Å². The van der Waals surface area contributed by atoms with Crippen molar-refractivity contribution in [2.24, 2.45) is 0 Å². The van der Waals surface area contributed by atoms with E-state index < -0.39 is 5.97 Å². The largest absolute Gasteiger partial charge is 0.478 e. The second-order valence-electron chi connectivity index (χ2n) is 3.03. The lowest BCUT2D eigenvalue weighted by molar-refractivity contribution is 0.0696. The Hall–Kier alpha value is -0.870. The lowest BCUT2D eigenvalue weighted by atomic mass is 10.1. The van der Waals surface area contributed by atoms with E-state index in [-0.39, 0.29) is 0 Å². The molecule has 0 bridgehead atoms. The number of rotatable bonds is 1. The van der Waals surface area contributed by atoms with Crippen LogP contribution in [0.15, 0.2) is 22.7 Å². The van der Waals surface area contributed by atoms with Gasteiger partial charge in [0, 0.05) is 14.0 Å². The van der Waals surface area contributed by atoms with Crippen LogP contribution in [0.25, 0.3) is 10.1 Å². The number of aromatic carboxylic acids is 1. The molecule has 0 aliphatic heterocycles. The zero-order valence-corrected chi connectivity index (χ0v) is 9.78. The zero-order chi connectivity index (χ0) is 10.3. The summed E-state index contributed by atoms with van der Waals surface area (Å²) in [5.74, 6) is -0.900. The molecule has 0 saturated carbocycles. The minimum atomic E-state index is -0.900. The molecule has 1 aromatic heterocycles. The molecular weight excluding hydrogens is 264 g/mol. The smallest absolute Gasteiger partial charge is 0.336 e. The molecule has 0 aliphatic carbocycles. The van der Waals surface area contributed by atoms with E-state index in [2.05, 4.69) is 15.9 Å². The molecule has 0 fully saturated rings. The maximum Gasteiger partial charge on any atom is 0.336 e. The SMILES string of the molecule is Cc1cc2cc(C(=O)O)c(Br)cc2s1. The molecular formula is C10H7BrO2S. The first-order valence-electron chi connectivity index (χ1n) is 4.01. The molecule has 0 amide bonds. The highest BCUT2D eigenvalue weighted by Gasteiger charge is 2.10. The van der Waals surface area contributed by atoms with Crippen LogP contribution in [0.1, 0.15) is 15.2 Å². The van der Waals surface area contributed by atoms with Crippen LogP contribution in [0.3, 0.4) is 0 Å². The molecule has 1 aromatic carbocycles. The average molecular weight is 271 g/mol. The maximum absolute atomic E-state index is 10.8. The lowest BCUT2D eigenvalue weighted by Crippen LogP contribution is -1.96. The molecule has 2 rings (SSSR count). The van der Waals surface area contributed by atoms with E-state index in [1.807, 2.05) is 19.1 Å². The standard InChI is InChI=1S/C10H7BrO2S/c1-5-2-6-3-7(10(12)13)8(11)4-9(6)14-5/h2-4H,1H3,(H,12,13). The number of carbonyl (C=O) groups is 1. The van der Waals surface area contributed by atoms with E-state index >= 15 is 0 Å². The van der Waals surface area contributed by atoms with Gasteiger partial charge in [0.1, 0.15) is 0 Å². The number of thiophene rings is 1. The van der Waals surface area contributed by atoms with Crippen LogP contribution in [0.4, 0.5) is 0 Å². The zero-order valence-electron chi connectivity index (χ0n) is 7.37. The summed E-state index contributed by atoms with van der Waals surface area (Å²) in [6.45, 7) is 2.01. The van der Waals surface area contributed by atoms with Gasteiger partial charge in [-0.1, -0.05) is 0 Å². The van der Waals surface area contributed by atoms with Crippen molar-refractivity contribution in [1.82, 2.24) is 0 Å². The molecule has 0 aliphatic rings. The van der Waals surface area contributed by atoms with Crippen LogP contribution in [0.2, 0.25) is 0 Å². The molecule has 2 aromatic rings. The Balaban J connectivity index is 2.76. The first-order valence-corrected chi connectivity index (χ1v) is 5.62. The van der Waals surface area contributed by atoms with Gasteiger partial charge in [-0.3, -0.25) is 0 Å². The Labute approximate surface area is 93.3 Å². The minimum Gasteiger partial charge on any atom is -0.478 e. The molecule has 2 nitrogen and oxygen atoms in total. The molecule has 14 heavy (non-hydrogen) atoms. The van der Waals surface area contributed by atoms with Crippen molar-refractivity contribution >= 4 is 43.3 Å². The van der Waals surface area contributed by atoms with Crippen molar-refractivity contribution in [2.75, 3.05) is 0 Å². The molecule has 0 radical (unpaired) electrons. The van der Waals surface area contributed by atoms with Crippen molar-refractivity contribution < 1.29 is 9.90 Å². The molecule has 72 valence electrons. The van der Waals surface area contributed by atoms with Gasteiger partial charge in [-0.15, -0.1) is 11.3 Å². The topological polar surface area (TPSA) is 37.3 Å². The highest BCUT2D eigenvalue weighted by Crippen LogP contribution is 2.30. The normalized spacial score (nSPS) is 10.7. The van der Waals surface area contributed by atoms with E-state index in [1.165, 1.54) is 4.88 Å². The van der Waals surface area contributed by atoms with Crippen LogP contribution >= 0.6 is 27.3 Å². The van der Waals surface area contributed by atoms with Gasteiger partial charge in [0.05, 0.1) is 5.56 Å². The summed E-state index contributed by atoms with van der Waals surface area (Å²) >= 11 is 4.92. The fourth-order valence-corrected chi connectivity index (χ4v) is 2.97. The van der Waals surface area contributed by atoms with Crippen LogP contribution in [-0.2, 0) is 0 Å². The third kappa shape index (κ3) is 1.55. The van der Waals surface area contributed by atoms with Crippen molar-refractivity contribution in [3.8, 4) is 0 Å². The van der Waals surface area contributed by atoms with Crippen molar-refractivity contribution in [2.45, 2.75) is 6.92 Å². The van der Waals surface area contributed by atoms with Crippen LogP contribution in [-0.4, -0.2) is 11.1 Å². The van der Waals surface area contributed by atoms with Gasteiger partial charge in [-0.25, -0.2) is 4.79 Å². The highest BCUT2D eigenvalue weighted by molar-refractivity contribution is 9.10. The fraction of sp³-hybridized carbons (Fsp3) is 0.100. The van der Waals surface area contributed by atoms with Crippen molar-refractivity contribution in [1.29, 1.82) is 0 Å².